The smallest absolute Gasteiger partial charge is 0.123 e. The molecule has 0 saturated heterocycles. The molecule has 1 heterocycles. The van der Waals surface area contributed by atoms with Crippen molar-refractivity contribution in [3.05, 3.63) is 70.9 Å². The number of hydrogen-bond acceptors (Lipinski definition) is 2. The zero-order valence-electron chi connectivity index (χ0n) is 11.3. The van der Waals surface area contributed by atoms with Gasteiger partial charge in [-0.2, -0.15) is 0 Å². The first-order valence-corrected chi connectivity index (χ1v) is 7.57. The van der Waals surface area contributed by atoms with Crippen LogP contribution in [-0.4, -0.2) is 6.54 Å². The van der Waals surface area contributed by atoms with Gasteiger partial charge < -0.3 is 5.32 Å². The van der Waals surface area contributed by atoms with Gasteiger partial charge in [0.1, 0.15) is 5.82 Å². The highest BCUT2D eigenvalue weighted by Crippen LogP contribution is 2.33. The van der Waals surface area contributed by atoms with Crippen LogP contribution >= 0.6 is 11.3 Å². The molecular weight excluding hydrogens is 269 g/mol. The van der Waals surface area contributed by atoms with Crippen molar-refractivity contribution in [1.29, 1.82) is 0 Å². The summed E-state index contributed by atoms with van der Waals surface area (Å²) in [6.45, 7) is 2.91. The molecule has 1 N–H and O–H groups in total. The number of fused-ring (bicyclic) bond motifs is 1. The summed E-state index contributed by atoms with van der Waals surface area (Å²) in [6.07, 6.45) is 0. The van der Waals surface area contributed by atoms with Crippen molar-refractivity contribution in [2.24, 2.45) is 0 Å². The van der Waals surface area contributed by atoms with Crippen LogP contribution in [0.5, 0.6) is 0 Å². The summed E-state index contributed by atoms with van der Waals surface area (Å²) in [7, 11) is 0. The monoisotopic (exact) mass is 285 g/mol. The molecule has 0 bridgehead atoms. The largest absolute Gasteiger partial charge is 0.306 e. The van der Waals surface area contributed by atoms with Crippen LogP contribution in [0.2, 0.25) is 0 Å². The summed E-state index contributed by atoms with van der Waals surface area (Å²) in [6, 6.07) is 17.4. The molecule has 1 nitrogen and oxygen atoms in total. The number of rotatable bonds is 4. The van der Waals surface area contributed by atoms with E-state index < -0.39 is 0 Å². The van der Waals surface area contributed by atoms with Crippen LogP contribution in [0, 0.1) is 5.82 Å². The standard InChI is InChI=1S/C17H16FNS/c1-2-19-17(13-7-5-8-14(18)10-13)16-11-12-6-3-4-9-15(12)20-16/h3-11,17,19H,2H2,1H3. The molecule has 1 aromatic heterocycles. The number of benzene rings is 2. The van der Waals surface area contributed by atoms with E-state index in [1.54, 1.807) is 23.5 Å². The van der Waals surface area contributed by atoms with Crippen molar-refractivity contribution in [3.8, 4) is 0 Å². The van der Waals surface area contributed by atoms with Gasteiger partial charge in [0.2, 0.25) is 0 Å². The number of thiophene rings is 1. The van der Waals surface area contributed by atoms with Crippen molar-refractivity contribution < 1.29 is 4.39 Å². The Morgan fingerprint density at radius 2 is 1.95 bits per heavy atom. The minimum atomic E-state index is -0.188. The Hall–Kier alpha value is -1.71. The predicted molar refractivity (Wildman–Crippen MR) is 83.7 cm³/mol. The fourth-order valence-corrected chi connectivity index (χ4v) is 3.59. The summed E-state index contributed by atoms with van der Waals surface area (Å²) >= 11 is 1.76. The van der Waals surface area contributed by atoms with Crippen molar-refractivity contribution in [2.75, 3.05) is 6.54 Å². The SMILES string of the molecule is CCNC(c1cccc(F)c1)c1cc2ccccc2s1. The Balaban J connectivity index is 2.05. The molecule has 3 aromatic rings. The zero-order valence-corrected chi connectivity index (χ0v) is 12.1. The molecule has 0 radical (unpaired) electrons. The first-order valence-electron chi connectivity index (χ1n) is 6.75. The third kappa shape index (κ3) is 2.60. The molecular formula is C17H16FNS. The van der Waals surface area contributed by atoms with E-state index in [4.69, 9.17) is 0 Å². The first kappa shape index (κ1) is 13.3. The third-order valence-electron chi connectivity index (χ3n) is 3.32. The summed E-state index contributed by atoms with van der Waals surface area (Å²) in [4.78, 5) is 1.22. The fraction of sp³-hybridized carbons (Fsp3) is 0.176. The van der Waals surface area contributed by atoms with Crippen LogP contribution in [0.4, 0.5) is 4.39 Å². The Morgan fingerprint density at radius 3 is 2.70 bits per heavy atom. The van der Waals surface area contributed by atoms with E-state index in [0.29, 0.717) is 0 Å². The van der Waals surface area contributed by atoms with Gasteiger partial charge in [-0.25, -0.2) is 4.39 Å². The lowest BCUT2D eigenvalue weighted by atomic mass is 10.0. The van der Waals surface area contributed by atoms with Crippen LogP contribution in [-0.2, 0) is 0 Å². The lowest BCUT2D eigenvalue weighted by molar-refractivity contribution is 0.607. The average Bonchev–Trinajstić information content (AvgIpc) is 2.88. The molecule has 3 heteroatoms. The van der Waals surface area contributed by atoms with Gasteiger partial charge in [-0.15, -0.1) is 11.3 Å². The quantitative estimate of drug-likeness (QED) is 0.730. The molecule has 102 valence electrons. The topological polar surface area (TPSA) is 12.0 Å². The lowest BCUT2D eigenvalue weighted by Crippen LogP contribution is -2.21. The highest BCUT2D eigenvalue weighted by Gasteiger charge is 2.16. The molecule has 2 aromatic carbocycles. The summed E-state index contributed by atoms with van der Waals surface area (Å²) in [5.74, 6) is -0.188. The van der Waals surface area contributed by atoms with Crippen LogP contribution in [0.1, 0.15) is 23.4 Å². The maximum Gasteiger partial charge on any atom is 0.123 e. The van der Waals surface area contributed by atoms with E-state index in [0.717, 1.165) is 12.1 Å². The van der Waals surface area contributed by atoms with Crippen molar-refractivity contribution in [1.82, 2.24) is 5.32 Å². The molecule has 0 spiro atoms. The van der Waals surface area contributed by atoms with Gasteiger partial charge in [-0.05, 0) is 41.8 Å². The molecule has 0 fully saturated rings. The second-order valence-corrected chi connectivity index (χ2v) is 5.85. The van der Waals surface area contributed by atoms with Gasteiger partial charge >= 0.3 is 0 Å². The molecule has 1 unspecified atom stereocenters. The predicted octanol–water partition coefficient (Wildman–Crippen LogP) is 4.74. The average molecular weight is 285 g/mol. The van der Waals surface area contributed by atoms with Gasteiger partial charge in [0.05, 0.1) is 6.04 Å². The molecule has 3 rings (SSSR count). The van der Waals surface area contributed by atoms with Crippen molar-refractivity contribution >= 4 is 21.4 Å². The molecule has 20 heavy (non-hydrogen) atoms. The lowest BCUT2D eigenvalue weighted by Gasteiger charge is -2.16. The van der Waals surface area contributed by atoms with Crippen molar-refractivity contribution in [2.45, 2.75) is 13.0 Å². The summed E-state index contributed by atoms with van der Waals surface area (Å²) < 4.78 is 14.7. The molecule has 0 saturated carbocycles. The fourth-order valence-electron chi connectivity index (χ4n) is 2.42. The maximum atomic E-state index is 13.5. The second kappa shape index (κ2) is 5.73. The third-order valence-corrected chi connectivity index (χ3v) is 4.50. The first-order chi connectivity index (χ1) is 9.78. The van der Waals surface area contributed by atoms with E-state index >= 15 is 0 Å². The van der Waals surface area contributed by atoms with E-state index in [1.165, 1.54) is 21.0 Å². The Kier molecular flexibility index (Phi) is 3.81. The van der Waals surface area contributed by atoms with Gasteiger partial charge in [-0.3, -0.25) is 0 Å². The number of halogens is 1. The molecule has 0 aliphatic rings. The maximum absolute atomic E-state index is 13.5. The molecule has 0 aliphatic heterocycles. The minimum absolute atomic E-state index is 0.0492. The minimum Gasteiger partial charge on any atom is -0.306 e. The molecule has 0 amide bonds. The van der Waals surface area contributed by atoms with Crippen LogP contribution in [0.3, 0.4) is 0 Å². The molecule has 0 aliphatic carbocycles. The van der Waals surface area contributed by atoms with E-state index in [1.807, 2.05) is 18.2 Å². The Morgan fingerprint density at radius 1 is 1.10 bits per heavy atom. The summed E-state index contributed by atoms with van der Waals surface area (Å²) in [5.41, 5.74) is 0.971. The van der Waals surface area contributed by atoms with Gasteiger partial charge in [0.15, 0.2) is 0 Å². The van der Waals surface area contributed by atoms with Crippen LogP contribution < -0.4 is 5.32 Å². The molecule has 1 atom stereocenters. The Labute approximate surface area is 122 Å². The zero-order chi connectivity index (χ0) is 13.9. The van der Waals surface area contributed by atoms with Crippen molar-refractivity contribution in [3.63, 3.8) is 0 Å². The summed E-state index contributed by atoms with van der Waals surface area (Å²) in [5, 5.41) is 4.69. The highest BCUT2D eigenvalue weighted by molar-refractivity contribution is 7.19. The van der Waals surface area contributed by atoms with E-state index in [9.17, 15) is 4.39 Å². The van der Waals surface area contributed by atoms with Crippen LogP contribution in [0.25, 0.3) is 10.1 Å². The second-order valence-electron chi connectivity index (χ2n) is 4.73. The number of nitrogens with one attached hydrogen (secondary N) is 1. The van der Waals surface area contributed by atoms with E-state index in [2.05, 4.69) is 30.4 Å². The normalized spacial score (nSPS) is 12.7. The number of hydrogen-bond donors (Lipinski definition) is 1. The Bertz CT molecular complexity index is 687. The van der Waals surface area contributed by atoms with Gasteiger partial charge in [0.25, 0.3) is 0 Å². The van der Waals surface area contributed by atoms with Gasteiger partial charge in [0, 0.05) is 9.58 Å². The van der Waals surface area contributed by atoms with E-state index in [-0.39, 0.29) is 11.9 Å². The van der Waals surface area contributed by atoms with Gasteiger partial charge in [-0.1, -0.05) is 37.3 Å². The van der Waals surface area contributed by atoms with Crippen LogP contribution in [0.15, 0.2) is 54.6 Å². The highest BCUT2D eigenvalue weighted by atomic mass is 32.1.